The lowest BCUT2D eigenvalue weighted by molar-refractivity contribution is 0.602. The lowest BCUT2D eigenvalue weighted by Crippen LogP contribution is -1.99. The van der Waals surface area contributed by atoms with Crippen molar-refractivity contribution in [2.75, 3.05) is 20.4 Å². The molecule has 0 aliphatic carbocycles. The molecular weight excluding hydrogens is 392 g/mol. The van der Waals surface area contributed by atoms with Crippen LogP contribution < -0.4 is 5.32 Å². The van der Waals surface area contributed by atoms with Gasteiger partial charge in [0.1, 0.15) is 0 Å². The standard InChI is InChI=1S/C23H21NO2S.C2H7N/c1-16-8-12-19(13-9-16)24-22-7-5-4-6-21(22)17(2)23(24)18-10-14-20(15-11-18)27(3,25)26;1-3-2/h4-15H,1-3H3;3H,1-2H3. The van der Waals surface area contributed by atoms with Crippen molar-refractivity contribution in [3.63, 3.8) is 0 Å². The second-order valence-electron chi connectivity index (χ2n) is 7.46. The number of fused-ring (bicyclic) bond motifs is 1. The van der Waals surface area contributed by atoms with Gasteiger partial charge in [-0.05, 0) is 69.4 Å². The van der Waals surface area contributed by atoms with Gasteiger partial charge in [-0.3, -0.25) is 0 Å². The summed E-state index contributed by atoms with van der Waals surface area (Å²) in [7, 11) is 0.540. The highest BCUT2D eigenvalue weighted by Crippen LogP contribution is 2.36. The van der Waals surface area contributed by atoms with Gasteiger partial charge in [-0.1, -0.05) is 48.0 Å². The Morgan fingerprint density at radius 3 is 1.93 bits per heavy atom. The Morgan fingerprint density at radius 1 is 0.800 bits per heavy atom. The Bertz CT molecular complexity index is 1250. The van der Waals surface area contributed by atoms with Crippen molar-refractivity contribution < 1.29 is 8.42 Å². The topological polar surface area (TPSA) is 51.1 Å². The number of hydrogen-bond acceptors (Lipinski definition) is 3. The van der Waals surface area contributed by atoms with Crippen LogP contribution in [0, 0.1) is 13.8 Å². The average Bonchev–Trinajstić information content (AvgIpc) is 3.01. The highest BCUT2D eigenvalue weighted by molar-refractivity contribution is 7.90. The first-order valence-electron chi connectivity index (χ1n) is 9.84. The van der Waals surface area contributed by atoms with E-state index in [1.165, 1.54) is 22.8 Å². The molecular formula is C25H28N2O2S. The number of hydrogen-bond donors (Lipinski definition) is 1. The predicted molar refractivity (Wildman–Crippen MR) is 126 cm³/mol. The predicted octanol–water partition coefficient (Wildman–Crippen LogP) is 5.15. The number of aryl methyl sites for hydroxylation is 2. The third-order valence-electron chi connectivity index (χ3n) is 4.98. The molecule has 0 aliphatic rings. The first kappa shape index (κ1) is 21.8. The number of aromatic nitrogens is 1. The Balaban J connectivity index is 0.000000806. The van der Waals surface area contributed by atoms with Crippen molar-refractivity contribution in [3.8, 4) is 16.9 Å². The summed E-state index contributed by atoms with van der Waals surface area (Å²) in [6, 6.07) is 23.9. The normalized spacial score (nSPS) is 11.2. The molecule has 1 N–H and O–H groups in total. The molecule has 0 saturated heterocycles. The molecule has 1 heterocycles. The van der Waals surface area contributed by atoms with Gasteiger partial charge in [0.05, 0.1) is 16.1 Å². The van der Waals surface area contributed by atoms with Gasteiger partial charge in [0, 0.05) is 17.3 Å². The molecule has 0 spiro atoms. The smallest absolute Gasteiger partial charge is 0.175 e. The van der Waals surface area contributed by atoms with Crippen molar-refractivity contribution in [1.29, 1.82) is 0 Å². The number of nitrogens with zero attached hydrogens (tertiary/aromatic N) is 1. The van der Waals surface area contributed by atoms with E-state index in [1.807, 2.05) is 38.4 Å². The maximum absolute atomic E-state index is 11.8. The zero-order chi connectivity index (χ0) is 21.9. The summed E-state index contributed by atoms with van der Waals surface area (Å²) in [6.45, 7) is 4.19. The molecule has 4 nitrogen and oxygen atoms in total. The van der Waals surface area contributed by atoms with E-state index >= 15 is 0 Å². The Morgan fingerprint density at radius 2 is 1.37 bits per heavy atom. The van der Waals surface area contributed by atoms with Crippen molar-refractivity contribution in [1.82, 2.24) is 9.88 Å². The molecule has 4 rings (SSSR count). The third kappa shape index (κ3) is 4.32. The SMILES string of the molecule is CNC.Cc1ccc(-n2c(-c3ccc(S(C)(=O)=O)cc3)c(C)c3ccccc32)cc1. The fourth-order valence-corrected chi connectivity index (χ4v) is 4.20. The second kappa shape index (κ2) is 8.86. The number of sulfone groups is 1. The monoisotopic (exact) mass is 420 g/mol. The van der Waals surface area contributed by atoms with Crippen LogP contribution in [0.4, 0.5) is 0 Å². The Kier molecular flexibility index (Phi) is 6.44. The van der Waals surface area contributed by atoms with Gasteiger partial charge < -0.3 is 9.88 Å². The highest BCUT2D eigenvalue weighted by atomic mass is 32.2. The van der Waals surface area contributed by atoms with Crippen LogP contribution in [-0.4, -0.2) is 33.3 Å². The summed E-state index contributed by atoms with van der Waals surface area (Å²) in [5.41, 5.74) is 6.70. The fourth-order valence-electron chi connectivity index (χ4n) is 3.57. The molecule has 156 valence electrons. The molecule has 5 heteroatoms. The van der Waals surface area contributed by atoms with E-state index in [0.717, 1.165) is 22.5 Å². The lowest BCUT2D eigenvalue weighted by atomic mass is 10.1. The zero-order valence-electron chi connectivity index (χ0n) is 18.1. The lowest BCUT2D eigenvalue weighted by Gasteiger charge is -2.13. The fraction of sp³-hybridized carbons (Fsp3) is 0.200. The second-order valence-corrected chi connectivity index (χ2v) is 9.47. The zero-order valence-corrected chi connectivity index (χ0v) is 18.9. The maximum atomic E-state index is 11.8. The quantitative estimate of drug-likeness (QED) is 0.498. The molecule has 0 bridgehead atoms. The van der Waals surface area contributed by atoms with Gasteiger partial charge >= 0.3 is 0 Å². The first-order chi connectivity index (χ1) is 14.3. The van der Waals surface area contributed by atoms with E-state index in [0.29, 0.717) is 4.90 Å². The van der Waals surface area contributed by atoms with E-state index in [9.17, 15) is 8.42 Å². The van der Waals surface area contributed by atoms with Crippen LogP contribution in [0.25, 0.3) is 27.8 Å². The van der Waals surface area contributed by atoms with E-state index in [-0.39, 0.29) is 0 Å². The van der Waals surface area contributed by atoms with Crippen LogP contribution in [0.15, 0.2) is 77.7 Å². The van der Waals surface area contributed by atoms with E-state index in [4.69, 9.17) is 0 Å². The number of rotatable bonds is 3. The summed E-state index contributed by atoms with van der Waals surface area (Å²) < 4.78 is 25.9. The van der Waals surface area contributed by atoms with Gasteiger partial charge in [-0.2, -0.15) is 0 Å². The summed E-state index contributed by atoms with van der Waals surface area (Å²) in [4.78, 5) is 0.335. The van der Waals surface area contributed by atoms with Gasteiger partial charge in [-0.15, -0.1) is 0 Å². The minimum Gasteiger partial charge on any atom is -0.323 e. The largest absolute Gasteiger partial charge is 0.323 e. The summed E-state index contributed by atoms with van der Waals surface area (Å²) in [5.74, 6) is 0. The molecule has 0 radical (unpaired) electrons. The van der Waals surface area contributed by atoms with Gasteiger partial charge in [0.2, 0.25) is 0 Å². The molecule has 0 fully saturated rings. The van der Waals surface area contributed by atoms with Crippen LogP contribution in [0.3, 0.4) is 0 Å². The van der Waals surface area contributed by atoms with Gasteiger partial charge in [0.25, 0.3) is 0 Å². The summed E-state index contributed by atoms with van der Waals surface area (Å²) in [6.07, 6.45) is 1.23. The number of nitrogens with one attached hydrogen (secondary N) is 1. The molecule has 30 heavy (non-hydrogen) atoms. The molecule has 3 aromatic carbocycles. The summed E-state index contributed by atoms with van der Waals surface area (Å²) in [5, 5.41) is 3.94. The Hall–Kier alpha value is -2.89. The molecule has 0 amide bonds. The first-order valence-corrected chi connectivity index (χ1v) is 11.7. The maximum Gasteiger partial charge on any atom is 0.175 e. The molecule has 1 aromatic heterocycles. The summed E-state index contributed by atoms with van der Waals surface area (Å²) >= 11 is 0. The molecule has 0 atom stereocenters. The number of para-hydroxylation sites is 1. The average molecular weight is 421 g/mol. The van der Waals surface area contributed by atoms with Crippen LogP contribution in [0.1, 0.15) is 11.1 Å². The van der Waals surface area contributed by atoms with Crippen LogP contribution in [-0.2, 0) is 9.84 Å². The minimum atomic E-state index is -3.21. The highest BCUT2D eigenvalue weighted by Gasteiger charge is 2.17. The van der Waals surface area contributed by atoms with Crippen molar-refractivity contribution >= 4 is 20.7 Å². The van der Waals surface area contributed by atoms with Crippen molar-refractivity contribution in [2.24, 2.45) is 0 Å². The van der Waals surface area contributed by atoms with E-state index < -0.39 is 9.84 Å². The van der Waals surface area contributed by atoms with Gasteiger partial charge in [-0.25, -0.2) is 8.42 Å². The van der Waals surface area contributed by atoms with Crippen LogP contribution in [0.2, 0.25) is 0 Å². The molecule has 0 unspecified atom stereocenters. The Labute approximate surface area is 179 Å². The molecule has 0 aliphatic heterocycles. The van der Waals surface area contributed by atoms with Crippen molar-refractivity contribution in [2.45, 2.75) is 18.7 Å². The van der Waals surface area contributed by atoms with Crippen LogP contribution in [0.5, 0.6) is 0 Å². The number of benzene rings is 3. The third-order valence-corrected chi connectivity index (χ3v) is 6.10. The van der Waals surface area contributed by atoms with Gasteiger partial charge in [0.15, 0.2) is 9.84 Å². The van der Waals surface area contributed by atoms with Crippen LogP contribution >= 0.6 is 0 Å². The van der Waals surface area contributed by atoms with E-state index in [2.05, 4.69) is 60.1 Å². The molecule has 0 saturated carbocycles. The van der Waals surface area contributed by atoms with E-state index in [1.54, 1.807) is 12.1 Å². The minimum absolute atomic E-state index is 0.335. The molecule has 4 aromatic rings. The van der Waals surface area contributed by atoms with Crippen molar-refractivity contribution in [3.05, 3.63) is 83.9 Å².